The first-order valence-electron chi connectivity index (χ1n) is 14.2. The second kappa shape index (κ2) is 8.84. The number of anilines is 1. The maximum absolute atomic E-state index is 3.19. The Morgan fingerprint density at radius 3 is 1.86 bits per heavy atom. The topological polar surface area (TPSA) is 9.72 Å². The molecule has 1 saturated carbocycles. The van der Waals surface area contributed by atoms with Gasteiger partial charge < -0.3 is 0 Å². The van der Waals surface area contributed by atoms with E-state index in [-0.39, 0.29) is 25.8 Å². The van der Waals surface area contributed by atoms with Gasteiger partial charge in [0.25, 0.3) is 0 Å². The van der Waals surface area contributed by atoms with Gasteiger partial charge in [-0.25, -0.2) is 0 Å². The minimum absolute atomic E-state index is 0.228. The van der Waals surface area contributed by atoms with E-state index >= 15 is 0 Å². The number of benzene rings is 1. The maximum atomic E-state index is 3.19. The first-order valence-corrected chi connectivity index (χ1v) is 24.1. The van der Waals surface area contributed by atoms with E-state index in [2.05, 4.69) is 113 Å². The summed E-state index contributed by atoms with van der Waals surface area (Å²) in [4.78, 5) is 0. The fraction of sp³-hybridized carbons (Fsp3) is 0.724. The van der Waals surface area contributed by atoms with Gasteiger partial charge in [-0.05, 0) is 0 Å². The molecule has 5 rings (SSSR count). The van der Waals surface area contributed by atoms with Crippen molar-refractivity contribution in [2.24, 2.45) is 11.8 Å². The minimum atomic E-state index is -1.71. The zero-order chi connectivity index (χ0) is 26.6. The molecule has 2 fully saturated rings. The second-order valence-corrected chi connectivity index (χ2v) is 30.3. The third-order valence-corrected chi connectivity index (χ3v) is 34.0. The molecule has 2 atom stereocenters. The van der Waals surface area contributed by atoms with Gasteiger partial charge in [0.2, 0.25) is 0 Å². The van der Waals surface area contributed by atoms with Gasteiger partial charge in [0, 0.05) is 0 Å². The van der Waals surface area contributed by atoms with Crippen molar-refractivity contribution < 1.29 is 0 Å². The zero-order valence-electron chi connectivity index (χ0n) is 24.9. The van der Waals surface area contributed by atoms with Crippen LogP contribution >= 0.6 is 13.7 Å². The van der Waals surface area contributed by atoms with Gasteiger partial charge >= 0.3 is 232 Å². The molecule has 3 nitrogen and oxygen atoms in total. The van der Waals surface area contributed by atoms with E-state index in [0.717, 1.165) is 11.8 Å². The Hall–Kier alpha value is 0.170. The van der Waals surface area contributed by atoms with Crippen LogP contribution in [0.3, 0.4) is 0 Å². The summed E-state index contributed by atoms with van der Waals surface area (Å²) in [6.45, 7) is 30.0. The number of rotatable bonds is 3. The fourth-order valence-electron chi connectivity index (χ4n) is 8.35. The number of fused-ring (bicyclic) bond motifs is 5. The molecule has 7 heteroatoms. The van der Waals surface area contributed by atoms with E-state index in [1.165, 1.54) is 19.3 Å². The Bertz CT molecular complexity index is 1080. The van der Waals surface area contributed by atoms with Crippen molar-refractivity contribution in [2.75, 3.05) is 3.86 Å². The van der Waals surface area contributed by atoms with Crippen molar-refractivity contribution in [3.63, 3.8) is 0 Å². The molecule has 1 saturated heterocycles. The average Bonchev–Trinajstić information content (AvgIpc) is 3.33. The Labute approximate surface area is 230 Å². The monoisotopic (exact) mass is 603 g/mol. The van der Waals surface area contributed by atoms with Gasteiger partial charge in [-0.3, -0.25) is 0 Å². The molecule has 0 N–H and O–H groups in total. The first-order chi connectivity index (χ1) is 16.5. The number of allylic oxidation sites excluding steroid dienone is 2. The Morgan fingerprint density at radius 1 is 0.889 bits per heavy atom. The van der Waals surface area contributed by atoms with Crippen molar-refractivity contribution in [3.05, 3.63) is 40.3 Å². The molecule has 1 aromatic rings. The van der Waals surface area contributed by atoms with Crippen molar-refractivity contribution in [2.45, 2.75) is 125 Å². The van der Waals surface area contributed by atoms with Crippen LogP contribution in [0.25, 0.3) is 0 Å². The van der Waals surface area contributed by atoms with E-state index in [1.807, 2.05) is 11.0 Å². The summed E-state index contributed by atoms with van der Waals surface area (Å²) in [5.74, 6) is 2.72. The van der Waals surface area contributed by atoms with Crippen LogP contribution in [0.4, 0.5) is 5.69 Å². The van der Waals surface area contributed by atoms with Crippen LogP contribution in [0.2, 0.25) is 13.1 Å². The van der Waals surface area contributed by atoms with Crippen molar-refractivity contribution in [1.82, 2.24) is 8.67 Å². The summed E-state index contributed by atoms with van der Waals surface area (Å²) < 4.78 is 9.38. The molecule has 2 aliphatic heterocycles. The molecule has 2 heterocycles. The Morgan fingerprint density at radius 2 is 1.39 bits per heavy atom. The molecular formula is C29H49GeN3P2Si+. The summed E-state index contributed by atoms with van der Waals surface area (Å²) in [7, 11) is -3.25. The SMILES string of the molecule is CC(C)c1cccc(C(C)C)c1[N]1[Ge]=[P][P+]2(C3=C1C1CCC3C1)N(C(C)(C)C)[Si](C)(C)N2C(C)(C)C. The Kier molecular flexibility index (Phi) is 6.81. The van der Waals surface area contributed by atoms with E-state index < -0.39 is 15.6 Å². The molecule has 2 aliphatic carbocycles. The van der Waals surface area contributed by atoms with E-state index in [0.29, 0.717) is 11.8 Å². The summed E-state index contributed by atoms with van der Waals surface area (Å²) in [6.07, 6.45) is 6.05. The summed E-state index contributed by atoms with van der Waals surface area (Å²) in [6, 6.07) is 7.19. The van der Waals surface area contributed by atoms with Crippen LogP contribution in [-0.4, -0.2) is 42.9 Å². The second-order valence-electron chi connectivity index (χ2n) is 14.6. The van der Waals surface area contributed by atoms with Crippen LogP contribution in [0.5, 0.6) is 0 Å². The van der Waals surface area contributed by atoms with E-state index in [9.17, 15) is 0 Å². The van der Waals surface area contributed by atoms with Crippen molar-refractivity contribution in [1.29, 1.82) is 0 Å². The average molecular weight is 602 g/mol. The van der Waals surface area contributed by atoms with Gasteiger partial charge in [0.15, 0.2) is 0 Å². The van der Waals surface area contributed by atoms with Gasteiger partial charge in [-0.2, -0.15) is 0 Å². The van der Waals surface area contributed by atoms with Crippen LogP contribution < -0.4 is 3.86 Å². The fourth-order valence-corrected chi connectivity index (χ4v) is 46.9. The summed E-state index contributed by atoms with van der Waals surface area (Å²) in [5, 5.41) is 1.96. The van der Waals surface area contributed by atoms with Crippen LogP contribution in [-0.2, 0) is 0 Å². The molecule has 1 radical (unpaired) electrons. The summed E-state index contributed by atoms with van der Waals surface area (Å²) in [5.41, 5.74) is 7.06. The molecule has 0 aromatic heterocycles. The number of hydrogen-bond acceptors (Lipinski definition) is 3. The molecular weight excluding hydrogens is 553 g/mol. The van der Waals surface area contributed by atoms with Gasteiger partial charge in [0.1, 0.15) is 0 Å². The number of nitrogens with zero attached hydrogens (tertiary/aromatic N) is 3. The third kappa shape index (κ3) is 3.82. The van der Waals surface area contributed by atoms with Crippen molar-refractivity contribution in [3.8, 4) is 0 Å². The van der Waals surface area contributed by atoms with Crippen LogP contribution in [0, 0.1) is 11.8 Å². The quantitative estimate of drug-likeness (QED) is 0.252. The molecule has 1 aromatic carbocycles. The predicted molar refractivity (Wildman–Crippen MR) is 165 cm³/mol. The molecule has 0 amide bonds. The number of hydrogen-bond donors (Lipinski definition) is 0. The Balaban J connectivity index is 1.79. The molecule has 1 spiro atoms. The standard InChI is InChI=1S/C29H49GeN3P2Si/c1-19(2)23-14-13-15-24(20(3)4)26(23)31-25-21-16-17-22(18-21)27(25)35(34-30-31)32(28(5,6)7)36(11,12)33(35)29(8,9)10/h13-15,19-22H,16-18H2,1-12H3/q+1. The molecule has 197 valence electrons. The molecule has 2 unspecified atom stereocenters. The molecule has 4 aliphatic rings. The van der Waals surface area contributed by atoms with E-state index in [4.69, 9.17) is 0 Å². The number of para-hydroxylation sites is 1. The molecule has 2 bridgehead atoms. The zero-order valence-corrected chi connectivity index (χ0v) is 29.8. The summed E-state index contributed by atoms with van der Waals surface area (Å²) >= 11 is -0.343. The van der Waals surface area contributed by atoms with Crippen LogP contribution in [0.1, 0.15) is 111 Å². The van der Waals surface area contributed by atoms with Gasteiger partial charge in [-0.15, -0.1) is 0 Å². The predicted octanol–water partition coefficient (Wildman–Crippen LogP) is 9.55. The normalized spacial score (nSPS) is 28.0. The third-order valence-electron chi connectivity index (χ3n) is 8.75. The van der Waals surface area contributed by atoms with Crippen LogP contribution in [0.15, 0.2) is 29.2 Å². The van der Waals surface area contributed by atoms with Crippen molar-refractivity contribution >= 4 is 42.5 Å². The molecule has 36 heavy (non-hydrogen) atoms. The first kappa shape index (κ1) is 27.7. The van der Waals surface area contributed by atoms with Gasteiger partial charge in [-0.1, -0.05) is 0 Å². The van der Waals surface area contributed by atoms with Gasteiger partial charge in [0.05, 0.1) is 0 Å². The van der Waals surface area contributed by atoms with E-state index in [1.54, 1.807) is 23.2 Å².